The number of piperidine rings is 1. The standard InChI is InChI=1S/C35H40Cl2N4O5S2/c1-22(2)31(21-47(44,45)23(3)4)41-33(25-11-13-27(36)14-12-25)30(26-7-6-8-28(37)17-26)18-35(5,34(41)43)19-32(42)40-48(39,46)29-15-9-24(20-38)10-16-29/h6-17,22-23,30-31,33H,18-19,21H2,1-5H3,(H2,39,40,42,46)/t30-,31-,33-,35-,48?/m1/s1. The van der Waals surface area contributed by atoms with Gasteiger partial charge in [-0.3, -0.25) is 14.3 Å². The number of carbonyl (C=O) groups is 2. The first-order valence-electron chi connectivity index (χ1n) is 15.5. The number of sulfone groups is 1. The van der Waals surface area contributed by atoms with Gasteiger partial charge < -0.3 is 4.90 Å². The van der Waals surface area contributed by atoms with Gasteiger partial charge in [-0.15, -0.1) is 0 Å². The molecule has 0 bridgehead atoms. The molecule has 1 heterocycles. The number of nitrogens with one attached hydrogen (secondary N) is 2. The molecule has 1 unspecified atom stereocenters. The van der Waals surface area contributed by atoms with Crippen LogP contribution in [0.5, 0.6) is 0 Å². The van der Waals surface area contributed by atoms with Crippen LogP contribution >= 0.6 is 23.2 Å². The molecule has 256 valence electrons. The van der Waals surface area contributed by atoms with Gasteiger partial charge in [0.05, 0.1) is 39.0 Å². The maximum atomic E-state index is 14.9. The second-order valence-corrected chi connectivity index (χ2v) is 18.5. The molecular weight excluding hydrogens is 691 g/mol. The lowest BCUT2D eigenvalue weighted by Gasteiger charge is -2.53. The number of nitriles is 1. The quantitative estimate of drug-likeness (QED) is 0.212. The zero-order chi connectivity index (χ0) is 35.6. The van der Waals surface area contributed by atoms with Crippen LogP contribution in [-0.4, -0.2) is 46.4 Å². The maximum Gasteiger partial charge on any atom is 0.233 e. The Hall–Kier alpha value is -3.43. The molecule has 2 N–H and O–H groups in total. The summed E-state index contributed by atoms with van der Waals surface area (Å²) in [6.07, 6.45) is -0.248. The Balaban J connectivity index is 1.85. The average molecular weight is 732 g/mol. The third kappa shape index (κ3) is 8.23. The van der Waals surface area contributed by atoms with Crippen molar-refractivity contribution in [3.63, 3.8) is 0 Å². The van der Waals surface area contributed by atoms with E-state index in [-0.39, 0.29) is 23.0 Å². The summed E-state index contributed by atoms with van der Waals surface area (Å²) in [5.74, 6) is -2.23. The van der Waals surface area contributed by atoms with Gasteiger partial charge in [0, 0.05) is 28.4 Å². The molecule has 0 spiro atoms. The van der Waals surface area contributed by atoms with Crippen LogP contribution < -0.4 is 4.72 Å². The lowest BCUT2D eigenvalue weighted by atomic mass is 9.66. The second kappa shape index (κ2) is 14.6. The summed E-state index contributed by atoms with van der Waals surface area (Å²) in [6, 6.07) is 20.4. The van der Waals surface area contributed by atoms with E-state index in [0.717, 1.165) is 11.1 Å². The monoisotopic (exact) mass is 730 g/mol. The Labute approximate surface area is 293 Å². The Morgan fingerprint density at radius 3 is 2.17 bits per heavy atom. The van der Waals surface area contributed by atoms with Crippen molar-refractivity contribution in [2.24, 2.45) is 11.3 Å². The molecule has 13 heteroatoms. The van der Waals surface area contributed by atoms with Gasteiger partial charge in [0.1, 0.15) is 0 Å². The summed E-state index contributed by atoms with van der Waals surface area (Å²) in [7, 11) is -7.46. The number of halogens is 2. The number of nitrogens with zero attached hydrogens (tertiary/aromatic N) is 2. The molecule has 1 saturated heterocycles. The van der Waals surface area contributed by atoms with E-state index >= 15 is 0 Å². The van der Waals surface area contributed by atoms with E-state index in [1.807, 2.05) is 38.1 Å². The maximum absolute atomic E-state index is 14.9. The smallest absolute Gasteiger partial charge is 0.233 e. The van der Waals surface area contributed by atoms with Gasteiger partial charge in [-0.05, 0) is 85.8 Å². The number of benzene rings is 3. The van der Waals surface area contributed by atoms with Crippen LogP contribution in [0.3, 0.4) is 0 Å². The van der Waals surface area contributed by atoms with Crippen LogP contribution in [0.2, 0.25) is 10.0 Å². The van der Waals surface area contributed by atoms with Gasteiger partial charge in [-0.2, -0.15) is 5.26 Å². The van der Waals surface area contributed by atoms with Crippen molar-refractivity contribution in [2.75, 3.05) is 5.75 Å². The molecular formula is C35H40Cl2N4O5S2. The van der Waals surface area contributed by atoms with E-state index in [1.165, 1.54) is 24.3 Å². The Morgan fingerprint density at radius 2 is 1.62 bits per heavy atom. The summed E-state index contributed by atoms with van der Waals surface area (Å²) in [4.78, 5) is 30.2. The van der Waals surface area contributed by atoms with Crippen LogP contribution in [0.4, 0.5) is 0 Å². The molecule has 0 aliphatic carbocycles. The summed E-state index contributed by atoms with van der Waals surface area (Å²) in [5.41, 5.74) is 0.450. The zero-order valence-electron chi connectivity index (χ0n) is 27.4. The van der Waals surface area contributed by atoms with Gasteiger partial charge in [0.2, 0.25) is 11.8 Å². The first kappa shape index (κ1) is 37.4. The second-order valence-electron chi connectivity index (χ2n) is 13.2. The van der Waals surface area contributed by atoms with Crippen molar-refractivity contribution < 1.29 is 22.2 Å². The van der Waals surface area contributed by atoms with E-state index in [1.54, 1.807) is 56.0 Å². The van der Waals surface area contributed by atoms with Gasteiger partial charge in [0.25, 0.3) is 0 Å². The largest absolute Gasteiger partial charge is 0.330 e. The van der Waals surface area contributed by atoms with Crippen molar-refractivity contribution in [2.45, 2.75) is 75.6 Å². The van der Waals surface area contributed by atoms with Gasteiger partial charge >= 0.3 is 0 Å². The molecule has 48 heavy (non-hydrogen) atoms. The molecule has 0 radical (unpaired) electrons. The summed E-state index contributed by atoms with van der Waals surface area (Å²) in [6.45, 7) is 8.60. The Kier molecular flexibility index (Phi) is 11.4. The van der Waals surface area contributed by atoms with E-state index < -0.39 is 66.7 Å². The number of amides is 2. The fourth-order valence-electron chi connectivity index (χ4n) is 6.27. The Morgan fingerprint density at radius 1 is 1.00 bits per heavy atom. The lowest BCUT2D eigenvalue weighted by Crippen LogP contribution is -2.59. The normalized spacial score (nSPS) is 21.8. The first-order valence-corrected chi connectivity index (χ1v) is 19.6. The topological polar surface area (TPSA) is 148 Å². The van der Waals surface area contributed by atoms with Gasteiger partial charge in [-0.25, -0.2) is 17.4 Å². The SMILES string of the molecule is CC(C)[C@@H](CS(=O)(=O)C(C)C)N1C(=O)[C@@](C)(CC(=O)NS(=N)(=O)c2ccc(C#N)cc2)C[C@H](c2cccc(Cl)c2)[C@H]1c1ccc(Cl)cc1. The van der Waals surface area contributed by atoms with Gasteiger partial charge in [-0.1, -0.05) is 68.2 Å². The number of carbonyl (C=O) groups excluding carboxylic acids is 2. The molecule has 3 aromatic rings. The van der Waals surface area contributed by atoms with Crippen molar-refractivity contribution in [3.8, 4) is 6.07 Å². The minimum Gasteiger partial charge on any atom is -0.330 e. The molecule has 0 aromatic heterocycles. The molecule has 9 nitrogen and oxygen atoms in total. The van der Waals surface area contributed by atoms with E-state index in [9.17, 15) is 22.2 Å². The first-order chi connectivity index (χ1) is 22.4. The zero-order valence-corrected chi connectivity index (χ0v) is 30.6. The molecule has 3 aromatic carbocycles. The molecule has 1 fully saturated rings. The van der Waals surface area contributed by atoms with Crippen LogP contribution in [0.1, 0.15) is 76.1 Å². The van der Waals surface area contributed by atoms with Crippen molar-refractivity contribution in [1.82, 2.24) is 9.62 Å². The van der Waals surface area contributed by atoms with E-state index in [0.29, 0.717) is 15.6 Å². The highest BCUT2D eigenvalue weighted by atomic mass is 35.5. The molecule has 1 aliphatic rings. The number of rotatable bonds is 11. The van der Waals surface area contributed by atoms with E-state index in [2.05, 4.69) is 4.72 Å². The van der Waals surface area contributed by atoms with Gasteiger partial charge in [0.15, 0.2) is 19.8 Å². The third-order valence-corrected chi connectivity index (χ3v) is 13.1. The minimum atomic E-state index is -3.83. The fourth-order valence-corrected chi connectivity index (χ4v) is 9.03. The van der Waals surface area contributed by atoms with E-state index in [4.69, 9.17) is 33.2 Å². The van der Waals surface area contributed by atoms with Crippen LogP contribution in [0.15, 0.2) is 77.7 Å². The number of hydrogen-bond donors (Lipinski definition) is 2. The lowest BCUT2D eigenvalue weighted by molar-refractivity contribution is -0.157. The molecule has 5 atom stereocenters. The predicted octanol–water partition coefficient (Wildman–Crippen LogP) is 7.30. The summed E-state index contributed by atoms with van der Waals surface area (Å²) in [5, 5.41) is 9.39. The highest BCUT2D eigenvalue weighted by Crippen LogP contribution is 2.52. The van der Waals surface area contributed by atoms with Crippen LogP contribution in [-0.2, 0) is 29.3 Å². The number of likely N-dealkylation sites (tertiary alicyclic amines) is 1. The van der Waals surface area contributed by atoms with Crippen LogP contribution in [0.25, 0.3) is 0 Å². The fraction of sp³-hybridized carbons (Fsp3) is 0.400. The van der Waals surface area contributed by atoms with Crippen molar-refractivity contribution >= 4 is 54.8 Å². The molecule has 1 aliphatic heterocycles. The third-order valence-electron chi connectivity index (χ3n) is 8.96. The van der Waals surface area contributed by atoms with Crippen LogP contribution in [0, 0.1) is 27.4 Å². The minimum absolute atomic E-state index is 0.00923. The van der Waals surface area contributed by atoms with Crippen molar-refractivity contribution in [3.05, 3.63) is 99.5 Å². The molecule has 0 saturated carbocycles. The predicted molar refractivity (Wildman–Crippen MR) is 189 cm³/mol. The summed E-state index contributed by atoms with van der Waals surface area (Å²) < 4.78 is 51.0. The van der Waals surface area contributed by atoms with Crippen molar-refractivity contribution in [1.29, 1.82) is 10.0 Å². The Bertz CT molecular complexity index is 1930. The summed E-state index contributed by atoms with van der Waals surface area (Å²) >= 11 is 12.7. The molecule has 2 amide bonds. The highest BCUT2D eigenvalue weighted by molar-refractivity contribution is 7.92. The molecule has 4 rings (SSSR count). The highest BCUT2D eigenvalue weighted by Gasteiger charge is 2.53. The average Bonchev–Trinajstić information content (AvgIpc) is 3.01. The number of hydrogen-bond acceptors (Lipinski definition) is 7.